The van der Waals surface area contributed by atoms with Gasteiger partial charge in [0.2, 0.25) is 0 Å². The van der Waals surface area contributed by atoms with E-state index in [2.05, 4.69) is 15.5 Å². The molecule has 0 bridgehead atoms. The molecule has 5 heteroatoms. The number of pyridine rings is 1. The van der Waals surface area contributed by atoms with Gasteiger partial charge in [-0.25, -0.2) is 4.98 Å². The zero-order valence-electron chi connectivity index (χ0n) is 13.1. The first-order valence-corrected chi connectivity index (χ1v) is 8.30. The second-order valence-corrected chi connectivity index (χ2v) is 6.11. The summed E-state index contributed by atoms with van der Waals surface area (Å²) in [4.78, 5) is 16.4. The van der Waals surface area contributed by atoms with E-state index in [0.29, 0.717) is 11.3 Å². The summed E-state index contributed by atoms with van der Waals surface area (Å²) in [7, 11) is 0. The van der Waals surface area contributed by atoms with Crippen LogP contribution in [0.5, 0.6) is 0 Å². The maximum absolute atomic E-state index is 12.2. The first-order chi connectivity index (χ1) is 10.8. The highest BCUT2D eigenvalue weighted by Crippen LogP contribution is 2.25. The standard InChI is InChI=1S/C17H23N3O2/c1-2-15-14-10-13(11-19-17(14)22-20-15)16(21)18-9-8-12-6-4-3-5-7-12/h10-12H,2-9H2,1H3,(H,18,21). The van der Waals surface area contributed by atoms with Crippen molar-refractivity contribution in [3.05, 3.63) is 23.5 Å². The molecule has 0 aliphatic heterocycles. The van der Waals surface area contributed by atoms with E-state index >= 15 is 0 Å². The molecule has 22 heavy (non-hydrogen) atoms. The minimum atomic E-state index is -0.0616. The maximum atomic E-state index is 12.2. The molecule has 1 saturated carbocycles. The lowest BCUT2D eigenvalue weighted by molar-refractivity contribution is 0.0950. The van der Waals surface area contributed by atoms with Crippen LogP contribution >= 0.6 is 0 Å². The second kappa shape index (κ2) is 6.90. The molecule has 1 aliphatic rings. The van der Waals surface area contributed by atoms with Crippen molar-refractivity contribution in [1.29, 1.82) is 0 Å². The molecule has 1 N–H and O–H groups in total. The molecule has 3 rings (SSSR count). The van der Waals surface area contributed by atoms with Crippen molar-refractivity contribution in [2.24, 2.45) is 5.92 Å². The molecule has 1 aliphatic carbocycles. The number of nitrogens with one attached hydrogen (secondary N) is 1. The van der Waals surface area contributed by atoms with Gasteiger partial charge in [-0.05, 0) is 24.8 Å². The van der Waals surface area contributed by atoms with Gasteiger partial charge in [0.05, 0.1) is 16.6 Å². The lowest BCUT2D eigenvalue weighted by atomic mass is 9.87. The van der Waals surface area contributed by atoms with E-state index in [1.807, 2.05) is 13.0 Å². The fourth-order valence-corrected chi connectivity index (χ4v) is 3.23. The molecule has 2 heterocycles. The Morgan fingerprint density at radius 3 is 2.95 bits per heavy atom. The van der Waals surface area contributed by atoms with Gasteiger partial charge in [0.1, 0.15) is 0 Å². The Hall–Kier alpha value is -1.91. The Morgan fingerprint density at radius 2 is 2.18 bits per heavy atom. The maximum Gasteiger partial charge on any atom is 0.257 e. The smallest absolute Gasteiger partial charge is 0.257 e. The van der Waals surface area contributed by atoms with Crippen molar-refractivity contribution in [3.63, 3.8) is 0 Å². The van der Waals surface area contributed by atoms with E-state index in [9.17, 15) is 4.79 Å². The van der Waals surface area contributed by atoms with Crippen molar-refractivity contribution >= 4 is 17.0 Å². The van der Waals surface area contributed by atoms with Crippen molar-refractivity contribution in [1.82, 2.24) is 15.5 Å². The van der Waals surface area contributed by atoms with Crippen LogP contribution < -0.4 is 5.32 Å². The van der Waals surface area contributed by atoms with Gasteiger partial charge in [-0.1, -0.05) is 44.2 Å². The predicted octanol–water partition coefficient (Wildman–Crippen LogP) is 3.49. The quantitative estimate of drug-likeness (QED) is 0.918. The van der Waals surface area contributed by atoms with Gasteiger partial charge < -0.3 is 9.84 Å². The first kappa shape index (κ1) is 15.0. The van der Waals surface area contributed by atoms with Crippen LogP contribution in [0.25, 0.3) is 11.1 Å². The number of hydrogen-bond donors (Lipinski definition) is 1. The number of hydrogen-bond acceptors (Lipinski definition) is 4. The van der Waals surface area contributed by atoms with E-state index in [1.165, 1.54) is 32.1 Å². The Kier molecular flexibility index (Phi) is 4.71. The SMILES string of the molecule is CCc1noc2ncc(C(=O)NCCC3CCCCC3)cc12. The van der Waals surface area contributed by atoms with E-state index in [4.69, 9.17) is 4.52 Å². The molecule has 0 atom stereocenters. The molecule has 1 fully saturated rings. The Labute approximate surface area is 130 Å². The number of carbonyl (C=O) groups excluding carboxylic acids is 1. The van der Waals surface area contributed by atoms with Crippen LogP contribution in [0.2, 0.25) is 0 Å². The molecule has 0 aromatic carbocycles. The summed E-state index contributed by atoms with van der Waals surface area (Å²) in [5, 5.41) is 7.81. The third-order valence-electron chi connectivity index (χ3n) is 4.56. The number of rotatable bonds is 5. The van der Waals surface area contributed by atoms with Crippen LogP contribution in [-0.2, 0) is 6.42 Å². The summed E-state index contributed by atoms with van der Waals surface area (Å²) in [6.45, 7) is 2.75. The Morgan fingerprint density at radius 1 is 1.36 bits per heavy atom. The van der Waals surface area contributed by atoms with Crippen molar-refractivity contribution < 1.29 is 9.32 Å². The Bertz CT molecular complexity index is 644. The fraction of sp³-hybridized carbons (Fsp3) is 0.588. The fourth-order valence-electron chi connectivity index (χ4n) is 3.23. The molecule has 2 aromatic rings. The molecule has 0 spiro atoms. The summed E-state index contributed by atoms with van der Waals surface area (Å²) >= 11 is 0. The van der Waals surface area contributed by atoms with Gasteiger partial charge in [-0.15, -0.1) is 0 Å². The van der Waals surface area contributed by atoms with E-state index in [0.717, 1.165) is 36.4 Å². The minimum absolute atomic E-state index is 0.0616. The summed E-state index contributed by atoms with van der Waals surface area (Å²) in [6, 6.07) is 1.83. The monoisotopic (exact) mass is 301 g/mol. The molecule has 0 unspecified atom stereocenters. The van der Waals surface area contributed by atoms with Crippen molar-refractivity contribution in [2.45, 2.75) is 51.9 Å². The number of fused-ring (bicyclic) bond motifs is 1. The van der Waals surface area contributed by atoms with Crippen LogP contribution in [0.15, 0.2) is 16.8 Å². The molecule has 0 radical (unpaired) electrons. The molecule has 0 saturated heterocycles. The average Bonchev–Trinajstić information content (AvgIpc) is 2.98. The third kappa shape index (κ3) is 3.29. The van der Waals surface area contributed by atoms with Crippen molar-refractivity contribution in [3.8, 4) is 0 Å². The number of aryl methyl sites for hydroxylation is 1. The molecule has 5 nitrogen and oxygen atoms in total. The number of nitrogens with zero attached hydrogens (tertiary/aromatic N) is 2. The van der Waals surface area contributed by atoms with E-state index < -0.39 is 0 Å². The largest absolute Gasteiger partial charge is 0.352 e. The summed E-state index contributed by atoms with van der Waals surface area (Å²) in [6.07, 6.45) is 10.1. The van der Waals surface area contributed by atoms with Crippen LogP contribution in [-0.4, -0.2) is 22.6 Å². The number of carbonyl (C=O) groups is 1. The Balaban J connectivity index is 1.59. The van der Waals surface area contributed by atoms with E-state index in [-0.39, 0.29) is 5.91 Å². The van der Waals surface area contributed by atoms with Gasteiger partial charge in [-0.2, -0.15) is 0 Å². The van der Waals surface area contributed by atoms with Crippen LogP contribution in [0, 0.1) is 5.92 Å². The number of amides is 1. The lowest BCUT2D eigenvalue weighted by Crippen LogP contribution is -2.26. The first-order valence-electron chi connectivity index (χ1n) is 8.30. The minimum Gasteiger partial charge on any atom is -0.352 e. The number of aromatic nitrogens is 2. The highest BCUT2D eigenvalue weighted by Gasteiger charge is 2.15. The highest BCUT2D eigenvalue weighted by atomic mass is 16.5. The molecule has 2 aromatic heterocycles. The summed E-state index contributed by atoms with van der Waals surface area (Å²) < 4.78 is 5.14. The van der Waals surface area contributed by atoms with Crippen LogP contribution in [0.4, 0.5) is 0 Å². The van der Waals surface area contributed by atoms with Crippen LogP contribution in [0.1, 0.15) is 61.5 Å². The second-order valence-electron chi connectivity index (χ2n) is 6.11. The van der Waals surface area contributed by atoms with Crippen LogP contribution in [0.3, 0.4) is 0 Å². The predicted molar refractivity (Wildman–Crippen MR) is 84.7 cm³/mol. The molecular weight excluding hydrogens is 278 g/mol. The van der Waals surface area contributed by atoms with Crippen molar-refractivity contribution in [2.75, 3.05) is 6.54 Å². The summed E-state index contributed by atoms with van der Waals surface area (Å²) in [5.41, 5.74) is 1.92. The van der Waals surface area contributed by atoms with Gasteiger partial charge in [0.15, 0.2) is 0 Å². The summed E-state index contributed by atoms with van der Waals surface area (Å²) in [5.74, 6) is 0.716. The highest BCUT2D eigenvalue weighted by molar-refractivity contribution is 5.96. The third-order valence-corrected chi connectivity index (χ3v) is 4.56. The van der Waals surface area contributed by atoms with E-state index in [1.54, 1.807) is 6.20 Å². The molecule has 1 amide bonds. The zero-order chi connectivity index (χ0) is 15.4. The van der Waals surface area contributed by atoms with Gasteiger partial charge >= 0.3 is 0 Å². The van der Waals surface area contributed by atoms with Gasteiger partial charge in [0.25, 0.3) is 11.6 Å². The van der Waals surface area contributed by atoms with Gasteiger partial charge in [-0.3, -0.25) is 4.79 Å². The van der Waals surface area contributed by atoms with Gasteiger partial charge in [0, 0.05) is 12.7 Å². The average molecular weight is 301 g/mol. The zero-order valence-corrected chi connectivity index (χ0v) is 13.1. The topological polar surface area (TPSA) is 68.0 Å². The molecule has 118 valence electrons. The molecular formula is C17H23N3O2. The normalized spacial score (nSPS) is 16.0. The lowest BCUT2D eigenvalue weighted by Gasteiger charge is -2.21.